The van der Waals surface area contributed by atoms with E-state index in [-0.39, 0.29) is 0 Å². The maximum absolute atomic E-state index is 11.7. The predicted octanol–water partition coefficient (Wildman–Crippen LogP) is 5.01. The SMILES string of the molecule is CC(C)(C)OC(=O)Nc1ccc(Cl)c(CCCBr)c1. The van der Waals surface area contributed by atoms with Crippen LogP contribution in [0.25, 0.3) is 0 Å². The van der Waals surface area contributed by atoms with Gasteiger partial charge in [-0.2, -0.15) is 0 Å². The summed E-state index contributed by atoms with van der Waals surface area (Å²) in [6.07, 6.45) is 1.41. The summed E-state index contributed by atoms with van der Waals surface area (Å²) in [6, 6.07) is 5.44. The smallest absolute Gasteiger partial charge is 0.412 e. The van der Waals surface area contributed by atoms with Crippen LogP contribution in [0.15, 0.2) is 18.2 Å². The van der Waals surface area contributed by atoms with Gasteiger partial charge in [-0.3, -0.25) is 5.32 Å². The molecule has 0 aliphatic rings. The summed E-state index contributed by atoms with van der Waals surface area (Å²) in [7, 11) is 0. The van der Waals surface area contributed by atoms with Crippen LogP contribution in [0.5, 0.6) is 0 Å². The van der Waals surface area contributed by atoms with Crippen molar-refractivity contribution in [1.82, 2.24) is 0 Å². The third-order valence-corrected chi connectivity index (χ3v) is 3.20. The Balaban J connectivity index is 2.71. The molecule has 0 unspecified atom stereocenters. The minimum atomic E-state index is -0.505. The number of amides is 1. The standard InChI is InChI=1S/C14H19BrClNO2/c1-14(2,3)19-13(18)17-11-6-7-12(16)10(9-11)5-4-8-15/h6-7,9H,4-5,8H2,1-3H3,(H,17,18). The lowest BCUT2D eigenvalue weighted by atomic mass is 10.1. The molecule has 106 valence electrons. The molecule has 5 heteroatoms. The van der Waals surface area contributed by atoms with E-state index in [1.54, 1.807) is 12.1 Å². The van der Waals surface area contributed by atoms with Gasteiger partial charge >= 0.3 is 6.09 Å². The van der Waals surface area contributed by atoms with Crippen molar-refractivity contribution >= 4 is 39.3 Å². The Bertz CT molecular complexity index is 444. The number of carbonyl (C=O) groups excluding carboxylic acids is 1. The van der Waals surface area contributed by atoms with Crippen molar-refractivity contribution in [2.75, 3.05) is 10.6 Å². The van der Waals surface area contributed by atoms with E-state index >= 15 is 0 Å². The maximum atomic E-state index is 11.7. The van der Waals surface area contributed by atoms with Crippen molar-refractivity contribution in [3.05, 3.63) is 28.8 Å². The average Bonchev–Trinajstić information content (AvgIpc) is 2.27. The molecule has 1 aromatic rings. The number of hydrogen-bond acceptors (Lipinski definition) is 2. The molecule has 0 radical (unpaired) electrons. The fourth-order valence-electron chi connectivity index (χ4n) is 1.52. The highest BCUT2D eigenvalue weighted by Gasteiger charge is 2.16. The van der Waals surface area contributed by atoms with E-state index in [2.05, 4.69) is 21.2 Å². The molecule has 1 aromatic carbocycles. The Morgan fingerprint density at radius 2 is 2.11 bits per heavy atom. The Kier molecular flexibility index (Phi) is 6.14. The number of ether oxygens (including phenoxy) is 1. The third kappa shape index (κ3) is 6.30. The molecule has 19 heavy (non-hydrogen) atoms. The van der Waals surface area contributed by atoms with Gasteiger partial charge in [0.25, 0.3) is 0 Å². The Morgan fingerprint density at radius 3 is 2.68 bits per heavy atom. The van der Waals surface area contributed by atoms with E-state index in [0.717, 1.165) is 28.8 Å². The quantitative estimate of drug-likeness (QED) is 0.776. The summed E-state index contributed by atoms with van der Waals surface area (Å²) in [4.78, 5) is 11.7. The summed E-state index contributed by atoms with van der Waals surface area (Å²) >= 11 is 9.51. The first-order chi connectivity index (χ1) is 8.81. The van der Waals surface area contributed by atoms with Crippen LogP contribution in [-0.2, 0) is 11.2 Å². The second kappa shape index (κ2) is 7.15. The van der Waals surface area contributed by atoms with Gasteiger partial charge in [-0.25, -0.2) is 4.79 Å². The molecule has 1 amide bonds. The number of halogens is 2. The predicted molar refractivity (Wildman–Crippen MR) is 83.4 cm³/mol. The van der Waals surface area contributed by atoms with Crippen molar-refractivity contribution in [2.24, 2.45) is 0 Å². The van der Waals surface area contributed by atoms with Crippen LogP contribution in [0.2, 0.25) is 5.02 Å². The van der Waals surface area contributed by atoms with Crippen molar-refractivity contribution in [2.45, 2.75) is 39.2 Å². The molecule has 1 N–H and O–H groups in total. The highest BCUT2D eigenvalue weighted by molar-refractivity contribution is 9.09. The number of carbonyl (C=O) groups is 1. The van der Waals surface area contributed by atoms with Gasteiger partial charge in [0, 0.05) is 16.0 Å². The number of benzene rings is 1. The minimum Gasteiger partial charge on any atom is -0.444 e. The first kappa shape index (κ1) is 16.3. The molecular formula is C14H19BrClNO2. The number of rotatable bonds is 4. The summed E-state index contributed by atoms with van der Waals surface area (Å²) < 4.78 is 5.20. The number of anilines is 1. The van der Waals surface area contributed by atoms with Crippen LogP contribution >= 0.6 is 27.5 Å². The van der Waals surface area contributed by atoms with Gasteiger partial charge in [-0.15, -0.1) is 0 Å². The van der Waals surface area contributed by atoms with E-state index in [0.29, 0.717) is 5.69 Å². The van der Waals surface area contributed by atoms with Crippen LogP contribution in [-0.4, -0.2) is 17.0 Å². The first-order valence-corrected chi connectivity index (χ1v) is 7.66. The van der Waals surface area contributed by atoms with Crippen LogP contribution < -0.4 is 5.32 Å². The summed E-state index contributed by atoms with van der Waals surface area (Å²) in [5.74, 6) is 0. The van der Waals surface area contributed by atoms with Crippen LogP contribution in [0.4, 0.5) is 10.5 Å². The zero-order valence-corrected chi connectivity index (χ0v) is 13.8. The fourth-order valence-corrected chi connectivity index (χ4v) is 2.02. The number of alkyl halides is 1. The van der Waals surface area contributed by atoms with E-state index in [4.69, 9.17) is 16.3 Å². The topological polar surface area (TPSA) is 38.3 Å². The molecule has 3 nitrogen and oxygen atoms in total. The molecule has 0 aliphatic heterocycles. The number of aryl methyl sites for hydroxylation is 1. The lowest BCUT2D eigenvalue weighted by molar-refractivity contribution is 0.0636. The van der Waals surface area contributed by atoms with E-state index in [1.807, 2.05) is 26.8 Å². The molecular weight excluding hydrogens is 330 g/mol. The molecule has 0 spiro atoms. The van der Waals surface area contributed by atoms with E-state index in [9.17, 15) is 4.79 Å². The Hall–Kier alpha value is -0.740. The molecule has 0 fully saturated rings. The van der Waals surface area contributed by atoms with Crippen molar-refractivity contribution in [3.63, 3.8) is 0 Å². The van der Waals surface area contributed by atoms with Crippen molar-refractivity contribution in [1.29, 1.82) is 0 Å². The number of nitrogens with one attached hydrogen (secondary N) is 1. The molecule has 0 saturated heterocycles. The van der Waals surface area contributed by atoms with Crippen LogP contribution in [0, 0.1) is 0 Å². The molecule has 0 aliphatic carbocycles. The molecule has 0 heterocycles. The monoisotopic (exact) mass is 347 g/mol. The van der Waals surface area contributed by atoms with Gasteiger partial charge in [0.15, 0.2) is 0 Å². The normalized spacial score (nSPS) is 11.2. The highest BCUT2D eigenvalue weighted by atomic mass is 79.9. The zero-order valence-electron chi connectivity index (χ0n) is 11.4. The first-order valence-electron chi connectivity index (χ1n) is 6.16. The molecule has 0 bridgehead atoms. The number of hydrogen-bond donors (Lipinski definition) is 1. The molecule has 0 aromatic heterocycles. The fraction of sp³-hybridized carbons (Fsp3) is 0.500. The van der Waals surface area contributed by atoms with Gasteiger partial charge in [-0.1, -0.05) is 27.5 Å². The average molecular weight is 349 g/mol. The summed E-state index contributed by atoms with van der Waals surface area (Å²) in [5.41, 5.74) is 1.22. The molecule has 1 rings (SSSR count). The molecule has 0 saturated carbocycles. The minimum absolute atomic E-state index is 0.457. The van der Waals surface area contributed by atoms with Crippen molar-refractivity contribution in [3.8, 4) is 0 Å². The van der Waals surface area contributed by atoms with Gasteiger partial charge in [0.05, 0.1) is 0 Å². The highest BCUT2D eigenvalue weighted by Crippen LogP contribution is 2.22. The van der Waals surface area contributed by atoms with Gasteiger partial charge in [-0.05, 0) is 57.4 Å². The van der Waals surface area contributed by atoms with Crippen LogP contribution in [0.3, 0.4) is 0 Å². The van der Waals surface area contributed by atoms with E-state index in [1.165, 1.54) is 0 Å². The lowest BCUT2D eigenvalue weighted by Gasteiger charge is -2.20. The van der Waals surface area contributed by atoms with E-state index < -0.39 is 11.7 Å². The van der Waals surface area contributed by atoms with Crippen LogP contribution in [0.1, 0.15) is 32.8 Å². The van der Waals surface area contributed by atoms with Gasteiger partial charge < -0.3 is 4.74 Å². The van der Waals surface area contributed by atoms with Gasteiger partial charge in [0.2, 0.25) is 0 Å². The lowest BCUT2D eigenvalue weighted by Crippen LogP contribution is -2.27. The second-order valence-electron chi connectivity index (χ2n) is 5.23. The largest absolute Gasteiger partial charge is 0.444 e. The zero-order chi connectivity index (χ0) is 14.5. The second-order valence-corrected chi connectivity index (χ2v) is 6.43. The third-order valence-electron chi connectivity index (χ3n) is 2.27. The molecule has 0 atom stereocenters. The maximum Gasteiger partial charge on any atom is 0.412 e. The Labute approximate surface area is 127 Å². The summed E-state index contributed by atoms with van der Waals surface area (Å²) in [6.45, 7) is 5.49. The summed E-state index contributed by atoms with van der Waals surface area (Å²) in [5, 5.41) is 4.35. The Morgan fingerprint density at radius 1 is 1.42 bits per heavy atom. The van der Waals surface area contributed by atoms with Gasteiger partial charge in [0.1, 0.15) is 5.60 Å². The van der Waals surface area contributed by atoms with Crippen molar-refractivity contribution < 1.29 is 9.53 Å².